The number of nitrogens with two attached hydrogens (primary N) is 8. The first-order chi connectivity index (χ1) is 44.3. The summed E-state index contributed by atoms with van der Waals surface area (Å²) >= 11 is 0. The van der Waals surface area contributed by atoms with Crippen LogP contribution >= 0.6 is 0 Å². The normalized spacial score (nSPS) is 14.4. The molecule has 0 aromatic heterocycles. The number of benzene rings is 2. The molecule has 0 saturated carbocycles. The standard InChI is InChI=1S/C67H106N14O13/c1-39(2)30-47(64(93)81-53(34-43-15-8-7-9-16-43)55(84)32-42(6)61(71)90)37-58(87)52(31-40(3)4)80-62(91)45(17-10-11-27-68)36-56(85)50(18-13-29-77-67(74)75)78-65(94)48(33-44-19-22-49(82)23-20-44)38-57(86)51(24-26-60(70)89)79-63(92)46(21-25-59(69)88)35-54(83)41(5)14-12-28-76-66(72)73/h7-9,15-16,19-20,22-23,39-42,45-48,50-53,82H,10-14,17-18,21,24-38,68H2,1-6H3,(H2,69,88)(H2,70,89)(H2,71,90)(H,78,94)(H,79,92)(H,80,91)(H,81,93)(H4,72,73,76)(H4,74,75,77)/t41-,42+,45+,46+,47+,48+,50-,51-,52-,53-/m0/s1. The molecule has 2 aromatic carbocycles. The smallest absolute Gasteiger partial charge is 0.224 e. The predicted molar refractivity (Wildman–Crippen MR) is 358 cm³/mol. The molecule has 0 heterocycles. The van der Waals surface area contributed by atoms with Crippen LogP contribution in [0.4, 0.5) is 0 Å². The number of phenols is 1. The molecule has 0 saturated heterocycles. The Morgan fingerprint density at radius 3 is 1.38 bits per heavy atom. The summed E-state index contributed by atoms with van der Waals surface area (Å²) in [7, 11) is 0. The molecule has 21 N–H and O–H groups in total. The van der Waals surface area contributed by atoms with Gasteiger partial charge in [0.25, 0.3) is 0 Å². The fourth-order valence-corrected chi connectivity index (χ4v) is 10.9. The van der Waals surface area contributed by atoms with Gasteiger partial charge in [0.2, 0.25) is 41.4 Å². The number of unbranched alkanes of at least 4 members (excludes halogenated alkanes) is 1. The molecule has 0 aliphatic carbocycles. The van der Waals surface area contributed by atoms with Gasteiger partial charge in [-0.2, -0.15) is 0 Å². The Hall–Kier alpha value is -8.62. The van der Waals surface area contributed by atoms with Crippen molar-refractivity contribution in [2.45, 2.75) is 194 Å². The van der Waals surface area contributed by atoms with Gasteiger partial charge < -0.3 is 72.2 Å². The van der Waals surface area contributed by atoms with E-state index in [1.165, 1.54) is 31.2 Å². The Labute approximate surface area is 552 Å². The monoisotopic (exact) mass is 1310 g/mol. The number of Topliss-reactive ketones (excluding diaryl/α,β-unsaturated/α-hetero) is 5. The number of guanidine groups is 2. The maximum absolute atomic E-state index is 14.9. The van der Waals surface area contributed by atoms with E-state index in [0.29, 0.717) is 31.2 Å². The molecule has 522 valence electrons. The predicted octanol–water partition coefficient (Wildman–Crippen LogP) is 1.99. The topological polar surface area (TPSA) is 506 Å². The third-order valence-electron chi connectivity index (χ3n) is 16.3. The first kappa shape index (κ1) is 81.5. The lowest BCUT2D eigenvalue weighted by atomic mass is 9.86. The van der Waals surface area contributed by atoms with E-state index >= 15 is 0 Å². The van der Waals surface area contributed by atoms with Gasteiger partial charge in [0.1, 0.15) is 11.5 Å². The Morgan fingerprint density at radius 1 is 0.415 bits per heavy atom. The lowest BCUT2D eigenvalue weighted by Crippen LogP contribution is -2.49. The lowest BCUT2D eigenvalue weighted by molar-refractivity contribution is -0.136. The molecule has 27 heteroatoms. The number of phenolic OH excluding ortho intramolecular Hbond substituents is 1. The fraction of sp³-hybridized carbons (Fsp3) is 0.612. The lowest BCUT2D eigenvalue weighted by Gasteiger charge is -2.27. The van der Waals surface area contributed by atoms with E-state index in [-0.39, 0.29) is 138 Å². The van der Waals surface area contributed by atoms with Crippen molar-refractivity contribution in [2.75, 3.05) is 19.6 Å². The van der Waals surface area contributed by atoms with Crippen molar-refractivity contribution in [3.63, 3.8) is 0 Å². The summed E-state index contributed by atoms with van der Waals surface area (Å²) in [4.78, 5) is 174. The van der Waals surface area contributed by atoms with Gasteiger partial charge in [0.15, 0.2) is 35.1 Å². The van der Waals surface area contributed by atoms with Gasteiger partial charge in [0, 0.05) is 93.5 Å². The number of rotatable bonds is 50. The van der Waals surface area contributed by atoms with Crippen LogP contribution < -0.4 is 67.1 Å². The molecule has 2 aromatic rings. The summed E-state index contributed by atoms with van der Waals surface area (Å²) in [5.74, 6) is -14.1. The van der Waals surface area contributed by atoms with E-state index in [4.69, 9.17) is 45.9 Å². The second kappa shape index (κ2) is 43.3. The van der Waals surface area contributed by atoms with E-state index in [0.717, 1.165) is 5.56 Å². The Bertz CT molecular complexity index is 2880. The second-order valence-corrected chi connectivity index (χ2v) is 25.6. The number of nitrogens with zero attached hydrogens (tertiary/aromatic N) is 2. The summed E-state index contributed by atoms with van der Waals surface area (Å²) in [6, 6.07) is 9.81. The highest BCUT2D eigenvalue weighted by atomic mass is 16.3. The number of primary amides is 3. The minimum Gasteiger partial charge on any atom is -0.508 e. The number of hydrogen-bond acceptors (Lipinski definition) is 16. The van der Waals surface area contributed by atoms with Crippen LogP contribution in [0.15, 0.2) is 64.6 Å². The van der Waals surface area contributed by atoms with Crippen LogP contribution in [0.3, 0.4) is 0 Å². The third-order valence-corrected chi connectivity index (χ3v) is 16.3. The van der Waals surface area contributed by atoms with E-state index in [1.807, 2.05) is 33.8 Å². The Morgan fingerprint density at radius 2 is 0.851 bits per heavy atom. The van der Waals surface area contributed by atoms with Crippen molar-refractivity contribution < 1.29 is 62.6 Å². The number of nitrogens with one attached hydrogen (secondary N) is 4. The molecule has 0 aliphatic heterocycles. The maximum atomic E-state index is 14.9. The van der Waals surface area contributed by atoms with Crippen molar-refractivity contribution in [2.24, 2.45) is 103 Å². The van der Waals surface area contributed by atoms with Crippen LogP contribution in [0.25, 0.3) is 0 Å². The van der Waals surface area contributed by atoms with Crippen LogP contribution in [-0.4, -0.2) is 131 Å². The van der Waals surface area contributed by atoms with Gasteiger partial charge in [-0.25, -0.2) is 0 Å². The SMILES string of the molecule is CC(C)C[C@H](CC(=O)[C@H](CC(C)C)NC(=O)[C@H](CCCCN)CC(=O)[C@H](CCCN=C(N)N)NC(=O)[C@@H](CC(=O)[C@H](CCC(N)=O)NC(=O)[C@H](CCC(N)=O)CC(=O)[C@@H](C)CCCN=C(N)N)Cc1ccc(O)cc1)C(=O)N[C@@H](Cc1ccccc1)C(=O)C[C@@H](C)C(N)=O. The van der Waals surface area contributed by atoms with Crippen LogP contribution in [-0.2, 0) is 70.4 Å². The summed E-state index contributed by atoms with van der Waals surface area (Å²) in [5.41, 5.74) is 45.7. The average molecular weight is 1320 g/mol. The van der Waals surface area contributed by atoms with Crippen LogP contribution in [0.2, 0.25) is 0 Å². The van der Waals surface area contributed by atoms with Gasteiger partial charge in [0.05, 0.1) is 24.2 Å². The van der Waals surface area contributed by atoms with Crippen LogP contribution in [0.5, 0.6) is 5.75 Å². The van der Waals surface area contributed by atoms with E-state index in [1.54, 1.807) is 31.2 Å². The van der Waals surface area contributed by atoms with Gasteiger partial charge in [-0.05, 0) is 119 Å². The molecular formula is C67H106N14O13. The van der Waals surface area contributed by atoms with Gasteiger partial charge in [-0.3, -0.25) is 67.5 Å². The average Bonchev–Trinajstić information content (AvgIpc) is 0.924. The van der Waals surface area contributed by atoms with Gasteiger partial charge in [-0.15, -0.1) is 0 Å². The van der Waals surface area contributed by atoms with Crippen molar-refractivity contribution in [1.29, 1.82) is 0 Å². The van der Waals surface area contributed by atoms with E-state index in [9.17, 15) is 62.6 Å². The summed E-state index contributed by atoms with van der Waals surface area (Å²) < 4.78 is 0. The zero-order valence-corrected chi connectivity index (χ0v) is 55.7. The number of carbonyl (C=O) groups is 12. The zero-order valence-electron chi connectivity index (χ0n) is 55.7. The Kier molecular flexibility index (Phi) is 37.5. The highest BCUT2D eigenvalue weighted by Gasteiger charge is 2.37. The first-order valence-corrected chi connectivity index (χ1v) is 32.6. The number of aliphatic imine (C=N–C) groups is 2. The molecule has 27 nitrogen and oxygen atoms in total. The first-order valence-electron chi connectivity index (χ1n) is 32.6. The number of aromatic hydroxyl groups is 1. The minimum absolute atomic E-state index is 0.0245. The molecule has 94 heavy (non-hydrogen) atoms. The van der Waals surface area contributed by atoms with Crippen molar-refractivity contribution >= 4 is 82.2 Å². The summed E-state index contributed by atoms with van der Waals surface area (Å²) in [6.45, 7) is 11.2. The second-order valence-electron chi connectivity index (χ2n) is 25.6. The Balaban J connectivity index is 2.62. The van der Waals surface area contributed by atoms with Crippen molar-refractivity contribution in [3.05, 3.63) is 65.7 Å². The van der Waals surface area contributed by atoms with E-state index < -0.39 is 143 Å². The van der Waals surface area contributed by atoms with Crippen molar-refractivity contribution in [3.8, 4) is 5.75 Å². The zero-order chi connectivity index (χ0) is 70.6. The van der Waals surface area contributed by atoms with Crippen molar-refractivity contribution in [1.82, 2.24) is 21.3 Å². The molecule has 0 radical (unpaired) electrons. The molecule has 0 bridgehead atoms. The summed E-state index contributed by atoms with van der Waals surface area (Å²) in [5, 5.41) is 21.4. The highest BCUT2D eigenvalue weighted by Crippen LogP contribution is 2.25. The molecule has 7 amide bonds. The molecule has 0 aliphatic rings. The molecule has 0 fully saturated rings. The maximum Gasteiger partial charge on any atom is 0.224 e. The quantitative estimate of drug-likeness (QED) is 0.0256. The van der Waals surface area contributed by atoms with Gasteiger partial charge in [-0.1, -0.05) is 90.4 Å². The fourth-order valence-electron chi connectivity index (χ4n) is 10.9. The number of ketones is 5. The molecular weight excluding hydrogens is 1210 g/mol. The number of amides is 7. The largest absolute Gasteiger partial charge is 0.508 e. The van der Waals surface area contributed by atoms with Crippen LogP contribution in [0, 0.1) is 47.3 Å². The van der Waals surface area contributed by atoms with Gasteiger partial charge >= 0.3 is 0 Å². The molecule has 0 unspecified atom stereocenters. The number of hydrogen-bond donors (Lipinski definition) is 13. The minimum atomic E-state index is -1.45. The van der Waals surface area contributed by atoms with E-state index in [2.05, 4.69) is 31.3 Å². The summed E-state index contributed by atoms with van der Waals surface area (Å²) in [6.07, 6.45) is -0.854. The van der Waals surface area contributed by atoms with Crippen LogP contribution in [0.1, 0.15) is 168 Å². The molecule has 2 rings (SSSR count). The third kappa shape index (κ3) is 33.3. The highest BCUT2D eigenvalue weighted by molar-refractivity contribution is 5.99. The molecule has 0 spiro atoms. The molecule has 10 atom stereocenters. The number of carbonyl (C=O) groups excluding carboxylic acids is 12.